The summed E-state index contributed by atoms with van der Waals surface area (Å²) in [5, 5.41) is 3.18. The van der Waals surface area contributed by atoms with Gasteiger partial charge in [0.15, 0.2) is 5.17 Å². The van der Waals surface area contributed by atoms with Crippen molar-refractivity contribution in [1.82, 2.24) is 10.2 Å². The van der Waals surface area contributed by atoms with Gasteiger partial charge in [-0.2, -0.15) is 0 Å². The third-order valence-corrected chi connectivity index (χ3v) is 6.82. The van der Waals surface area contributed by atoms with Crippen LogP contribution in [0.2, 0.25) is 0 Å². The highest BCUT2D eigenvalue weighted by molar-refractivity contribution is 8.15. The Bertz CT molecular complexity index is 1100. The first-order valence-corrected chi connectivity index (χ1v) is 12.5. The summed E-state index contributed by atoms with van der Waals surface area (Å²) < 4.78 is 0. The number of nitrogens with zero attached hydrogens (tertiary/aromatic N) is 2. The molecule has 0 spiro atoms. The van der Waals surface area contributed by atoms with Gasteiger partial charge in [0.1, 0.15) is 5.25 Å². The molecule has 1 aliphatic rings. The van der Waals surface area contributed by atoms with E-state index in [2.05, 4.69) is 17.4 Å². The molecule has 1 heterocycles. The van der Waals surface area contributed by atoms with Crippen LogP contribution >= 0.6 is 11.8 Å². The predicted molar refractivity (Wildman–Crippen MR) is 139 cm³/mol. The second-order valence-electron chi connectivity index (χ2n) is 8.21. The first-order valence-electron chi connectivity index (χ1n) is 11.7. The summed E-state index contributed by atoms with van der Waals surface area (Å²) in [5.41, 5.74) is 3.23. The van der Waals surface area contributed by atoms with E-state index in [4.69, 9.17) is 4.99 Å². The van der Waals surface area contributed by atoms with Crippen LogP contribution < -0.4 is 5.32 Å². The zero-order chi connectivity index (χ0) is 23.6. The van der Waals surface area contributed by atoms with Crippen molar-refractivity contribution in [3.05, 3.63) is 102 Å². The van der Waals surface area contributed by atoms with Gasteiger partial charge in [0, 0.05) is 19.5 Å². The normalized spacial score (nSPS) is 16.7. The molecule has 4 rings (SSSR count). The van der Waals surface area contributed by atoms with Crippen LogP contribution in [-0.2, 0) is 22.4 Å². The van der Waals surface area contributed by atoms with E-state index in [1.54, 1.807) is 4.90 Å². The maximum atomic E-state index is 13.2. The quantitative estimate of drug-likeness (QED) is 0.453. The molecular formula is C28H29N3O2S. The van der Waals surface area contributed by atoms with Gasteiger partial charge in [-0.25, -0.2) is 4.99 Å². The largest absolute Gasteiger partial charge is 0.356 e. The molecule has 3 aromatic rings. The molecule has 1 aliphatic heterocycles. The Morgan fingerprint density at radius 1 is 0.853 bits per heavy atom. The molecule has 1 fully saturated rings. The number of thioether (sulfide) groups is 1. The second-order valence-corrected chi connectivity index (χ2v) is 9.38. The Hall–Kier alpha value is -3.38. The summed E-state index contributed by atoms with van der Waals surface area (Å²) in [6, 6.07) is 29.9. The number of amides is 2. The molecule has 1 atom stereocenters. The van der Waals surface area contributed by atoms with Crippen LogP contribution in [0.15, 0.2) is 96.0 Å². The highest BCUT2D eigenvalue weighted by atomic mass is 32.2. The fraction of sp³-hybridized carbons (Fsp3) is 0.250. The van der Waals surface area contributed by atoms with Crippen molar-refractivity contribution in [2.24, 2.45) is 4.99 Å². The SMILES string of the molecule is O=C(CC1SC(=Nc2ccccc2)N(CCCc2ccccc2)C1=O)NCCc1ccccc1. The summed E-state index contributed by atoms with van der Waals surface area (Å²) in [7, 11) is 0. The summed E-state index contributed by atoms with van der Waals surface area (Å²) in [6.45, 7) is 1.14. The summed E-state index contributed by atoms with van der Waals surface area (Å²) in [6.07, 6.45) is 2.64. The summed E-state index contributed by atoms with van der Waals surface area (Å²) in [4.78, 5) is 32.3. The van der Waals surface area contributed by atoms with E-state index in [-0.39, 0.29) is 18.2 Å². The van der Waals surface area contributed by atoms with Gasteiger partial charge < -0.3 is 5.32 Å². The number of aliphatic imine (C=N–C) groups is 1. The van der Waals surface area contributed by atoms with E-state index in [9.17, 15) is 9.59 Å². The molecule has 5 nitrogen and oxygen atoms in total. The number of benzene rings is 3. The third-order valence-electron chi connectivity index (χ3n) is 5.64. The van der Waals surface area contributed by atoms with Crippen LogP contribution in [0.1, 0.15) is 24.0 Å². The minimum Gasteiger partial charge on any atom is -0.356 e. The number of carbonyl (C=O) groups is 2. The van der Waals surface area contributed by atoms with Crippen LogP contribution in [-0.4, -0.2) is 40.2 Å². The van der Waals surface area contributed by atoms with Crippen molar-refractivity contribution in [2.75, 3.05) is 13.1 Å². The number of nitrogens with one attached hydrogen (secondary N) is 1. The van der Waals surface area contributed by atoms with Gasteiger partial charge in [-0.15, -0.1) is 0 Å². The van der Waals surface area contributed by atoms with Crippen molar-refractivity contribution < 1.29 is 9.59 Å². The summed E-state index contributed by atoms with van der Waals surface area (Å²) >= 11 is 1.39. The number of hydrogen-bond acceptors (Lipinski definition) is 4. The fourth-order valence-electron chi connectivity index (χ4n) is 3.86. The average Bonchev–Trinajstić information content (AvgIpc) is 3.15. The Morgan fingerprint density at radius 2 is 1.44 bits per heavy atom. The molecule has 174 valence electrons. The zero-order valence-electron chi connectivity index (χ0n) is 19.1. The van der Waals surface area contributed by atoms with Crippen molar-refractivity contribution >= 4 is 34.4 Å². The van der Waals surface area contributed by atoms with Gasteiger partial charge in [-0.05, 0) is 42.5 Å². The lowest BCUT2D eigenvalue weighted by molar-refractivity contribution is -0.129. The van der Waals surface area contributed by atoms with E-state index in [0.717, 1.165) is 24.9 Å². The highest BCUT2D eigenvalue weighted by Crippen LogP contribution is 2.31. The van der Waals surface area contributed by atoms with E-state index < -0.39 is 5.25 Å². The number of rotatable bonds is 10. The molecule has 1 saturated heterocycles. The van der Waals surface area contributed by atoms with E-state index >= 15 is 0 Å². The standard InChI is InChI=1S/C28H29N3O2S/c32-26(29-19-18-23-13-6-2-7-14-23)21-25-27(33)31(20-10-15-22-11-4-1-5-12-22)28(34-25)30-24-16-8-3-9-17-24/h1-9,11-14,16-17,25H,10,15,18-21H2,(H,29,32). The molecule has 6 heteroatoms. The lowest BCUT2D eigenvalue weighted by Gasteiger charge is -2.16. The molecule has 34 heavy (non-hydrogen) atoms. The van der Waals surface area contributed by atoms with Crippen LogP contribution in [0, 0.1) is 0 Å². The van der Waals surface area contributed by atoms with Gasteiger partial charge in [0.25, 0.3) is 0 Å². The lowest BCUT2D eigenvalue weighted by atomic mass is 10.1. The first-order chi connectivity index (χ1) is 16.7. The Balaban J connectivity index is 1.37. The average molecular weight is 472 g/mol. The number of para-hydroxylation sites is 1. The Labute approximate surface area is 205 Å². The van der Waals surface area contributed by atoms with Gasteiger partial charge in [-0.3, -0.25) is 14.5 Å². The van der Waals surface area contributed by atoms with Crippen LogP contribution in [0.5, 0.6) is 0 Å². The maximum Gasteiger partial charge on any atom is 0.242 e. The van der Waals surface area contributed by atoms with Gasteiger partial charge >= 0.3 is 0 Å². The Kier molecular flexibility index (Phi) is 8.52. The molecule has 0 aliphatic carbocycles. The number of hydrogen-bond donors (Lipinski definition) is 1. The minimum atomic E-state index is -0.448. The van der Waals surface area contributed by atoms with Crippen molar-refractivity contribution in [3.8, 4) is 0 Å². The summed E-state index contributed by atoms with van der Waals surface area (Å²) in [5.74, 6) is -0.141. The van der Waals surface area contributed by atoms with E-state index in [0.29, 0.717) is 18.3 Å². The molecule has 0 bridgehead atoms. The second kappa shape index (κ2) is 12.2. The van der Waals surface area contributed by atoms with Crippen molar-refractivity contribution in [3.63, 3.8) is 0 Å². The highest BCUT2D eigenvalue weighted by Gasteiger charge is 2.38. The van der Waals surface area contributed by atoms with Crippen LogP contribution in [0.3, 0.4) is 0 Å². The van der Waals surface area contributed by atoms with Crippen molar-refractivity contribution in [1.29, 1.82) is 0 Å². The molecule has 0 saturated carbocycles. The molecular weight excluding hydrogens is 442 g/mol. The van der Waals surface area contributed by atoms with Crippen LogP contribution in [0.4, 0.5) is 5.69 Å². The monoisotopic (exact) mass is 471 g/mol. The van der Waals surface area contributed by atoms with Crippen molar-refractivity contribution in [2.45, 2.75) is 30.9 Å². The van der Waals surface area contributed by atoms with Gasteiger partial charge in [0.05, 0.1) is 5.69 Å². The third kappa shape index (κ3) is 6.81. The molecule has 2 amide bonds. The topological polar surface area (TPSA) is 61.8 Å². The van der Waals surface area contributed by atoms with E-state index in [1.165, 1.54) is 22.9 Å². The van der Waals surface area contributed by atoms with E-state index in [1.807, 2.05) is 78.9 Å². The zero-order valence-corrected chi connectivity index (χ0v) is 19.9. The Morgan fingerprint density at radius 3 is 2.09 bits per heavy atom. The van der Waals surface area contributed by atoms with Gasteiger partial charge in [-0.1, -0.05) is 90.6 Å². The lowest BCUT2D eigenvalue weighted by Crippen LogP contribution is -2.35. The van der Waals surface area contributed by atoms with Gasteiger partial charge in [0.2, 0.25) is 11.8 Å². The molecule has 0 radical (unpaired) electrons. The molecule has 0 aromatic heterocycles. The fourth-order valence-corrected chi connectivity index (χ4v) is 5.05. The molecule has 1 unspecified atom stereocenters. The molecule has 1 N–H and O–H groups in total. The maximum absolute atomic E-state index is 13.2. The number of amidine groups is 1. The predicted octanol–water partition coefficient (Wildman–Crippen LogP) is 5.00. The smallest absolute Gasteiger partial charge is 0.242 e. The minimum absolute atomic E-state index is 0.0362. The first kappa shape index (κ1) is 23.8. The number of aryl methyl sites for hydroxylation is 1. The number of carbonyl (C=O) groups excluding carboxylic acids is 2. The molecule has 3 aromatic carbocycles. The van der Waals surface area contributed by atoms with Crippen LogP contribution in [0.25, 0.3) is 0 Å².